The molecule has 0 radical (unpaired) electrons. The van der Waals surface area contributed by atoms with E-state index < -0.39 is 15.3 Å². The van der Waals surface area contributed by atoms with E-state index >= 15 is 0 Å². The van der Waals surface area contributed by atoms with Gasteiger partial charge in [0.15, 0.2) is 5.25 Å². The Bertz CT molecular complexity index is 508. The summed E-state index contributed by atoms with van der Waals surface area (Å²) in [6, 6.07) is 8.22. The maximum absolute atomic E-state index is 11.7. The predicted octanol–water partition coefficient (Wildman–Crippen LogP) is 2.38. The van der Waals surface area contributed by atoms with Crippen molar-refractivity contribution in [2.24, 2.45) is 0 Å². The van der Waals surface area contributed by atoms with Gasteiger partial charge in [0, 0.05) is 0 Å². The normalized spacial score (nSPS) is 12.8. The summed E-state index contributed by atoms with van der Waals surface area (Å²) in [6.07, 6.45) is 0.232. The zero-order valence-corrected chi connectivity index (χ0v) is 10.2. The Kier molecular flexibility index (Phi) is 4.16. The molecule has 4 nitrogen and oxygen atoms in total. The molecule has 0 fully saturated rings. The molecule has 16 heavy (non-hydrogen) atoms. The first-order valence-electron chi connectivity index (χ1n) is 4.67. The number of sulfonamides is 1. The number of para-hydroxylation sites is 1. The maximum Gasteiger partial charge on any atom is 0.249 e. The quantitative estimate of drug-likeness (QED) is 0.901. The number of nitriles is 1. The SMILES string of the molecule is CCC(C#N)S(=O)(=O)Nc1ccccc1Cl. The molecule has 0 aliphatic rings. The van der Waals surface area contributed by atoms with Crippen LogP contribution in [0, 0.1) is 11.3 Å². The highest BCUT2D eigenvalue weighted by Crippen LogP contribution is 2.22. The van der Waals surface area contributed by atoms with Crippen LogP contribution in [0.4, 0.5) is 5.69 Å². The molecule has 0 heterocycles. The molecule has 1 aromatic carbocycles. The molecule has 0 aliphatic carbocycles. The van der Waals surface area contributed by atoms with E-state index in [1.54, 1.807) is 37.3 Å². The summed E-state index contributed by atoms with van der Waals surface area (Å²) in [5.41, 5.74) is 0.290. The Hall–Kier alpha value is -1.25. The van der Waals surface area contributed by atoms with Crippen LogP contribution in [0.15, 0.2) is 24.3 Å². The van der Waals surface area contributed by atoms with Crippen LogP contribution in [0.25, 0.3) is 0 Å². The van der Waals surface area contributed by atoms with Crippen molar-refractivity contribution >= 4 is 27.3 Å². The van der Waals surface area contributed by atoms with Crippen molar-refractivity contribution in [1.82, 2.24) is 0 Å². The minimum atomic E-state index is -3.69. The van der Waals surface area contributed by atoms with Gasteiger partial charge >= 0.3 is 0 Å². The van der Waals surface area contributed by atoms with E-state index in [2.05, 4.69) is 4.72 Å². The van der Waals surface area contributed by atoms with Crippen molar-refractivity contribution < 1.29 is 8.42 Å². The lowest BCUT2D eigenvalue weighted by atomic mass is 10.3. The summed E-state index contributed by atoms with van der Waals surface area (Å²) in [7, 11) is -3.69. The van der Waals surface area contributed by atoms with Gasteiger partial charge in [-0.05, 0) is 18.6 Å². The monoisotopic (exact) mass is 258 g/mol. The Morgan fingerprint density at radius 1 is 1.50 bits per heavy atom. The smallest absolute Gasteiger partial charge is 0.249 e. The van der Waals surface area contributed by atoms with E-state index in [9.17, 15) is 8.42 Å². The van der Waals surface area contributed by atoms with Crippen LogP contribution in [0.1, 0.15) is 13.3 Å². The summed E-state index contributed by atoms with van der Waals surface area (Å²) in [5.74, 6) is 0. The number of hydrogen-bond donors (Lipinski definition) is 1. The molecule has 86 valence electrons. The van der Waals surface area contributed by atoms with Crippen LogP contribution < -0.4 is 4.72 Å². The topological polar surface area (TPSA) is 70.0 Å². The molecule has 0 spiro atoms. The van der Waals surface area contributed by atoms with Gasteiger partial charge in [-0.2, -0.15) is 5.26 Å². The zero-order chi connectivity index (χ0) is 12.2. The van der Waals surface area contributed by atoms with Crippen LogP contribution in [0.2, 0.25) is 5.02 Å². The number of hydrogen-bond acceptors (Lipinski definition) is 3. The first-order valence-corrected chi connectivity index (χ1v) is 6.59. The molecule has 6 heteroatoms. The van der Waals surface area contributed by atoms with Crippen molar-refractivity contribution in [2.75, 3.05) is 4.72 Å². The van der Waals surface area contributed by atoms with E-state index in [-0.39, 0.29) is 12.1 Å². The molecular formula is C10H11ClN2O2S. The second kappa shape index (κ2) is 5.19. The highest BCUT2D eigenvalue weighted by molar-refractivity contribution is 7.93. The summed E-state index contributed by atoms with van der Waals surface area (Å²) < 4.78 is 25.8. The van der Waals surface area contributed by atoms with Crippen LogP contribution >= 0.6 is 11.6 Å². The van der Waals surface area contributed by atoms with Gasteiger partial charge in [-0.1, -0.05) is 30.7 Å². The van der Waals surface area contributed by atoms with E-state index in [0.29, 0.717) is 5.02 Å². The van der Waals surface area contributed by atoms with Gasteiger partial charge in [0.05, 0.1) is 16.8 Å². The van der Waals surface area contributed by atoms with E-state index in [0.717, 1.165) is 0 Å². The molecule has 1 unspecified atom stereocenters. The van der Waals surface area contributed by atoms with Gasteiger partial charge in [0.25, 0.3) is 0 Å². The molecule has 0 amide bonds. The number of anilines is 1. The lowest BCUT2D eigenvalue weighted by Gasteiger charge is -2.11. The fraction of sp³-hybridized carbons (Fsp3) is 0.300. The van der Waals surface area contributed by atoms with Crippen molar-refractivity contribution in [1.29, 1.82) is 5.26 Å². The van der Waals surface area contributed by atoms with Gasteiger partial charge in [-0.15, -0.1) is 0 Å². The molecule has 1 rings (SSSR count). The van der Waals surface area contributed by atoms with Crippen LogP contribution in [-0.4, -0.2) is 13.7 Å². The summed E-state index contributed by atoms with van der Waals surface area (Å²) in [6.45, 7) is 1.64. The molecule has 0 bridgehead atoms. The number of halogens is 1. The Balaban J connectivity index is 2.99. The number of nitrogens with zero attached hydrogens (tertiary/aromatic N) is 1. The zero-order valence-electron chi connectivity index (χ0n) is 8.64. The third kappa shape index (κ3) is 2.87. The Morgan fingerprint density at radius 3 is 2.62 bits per heavy atom. The number of rotatable bonds is 4. The van der Waals surface area contributed by atoms with Crippen molar-refractivity contribution in [3.05, 3.63) is 29.3 Å². The van der Waals surface area contributed by atoms with Crippen molar-refractivity contribution in [3.8, 4) is 6.07 Å². The summed E-state index contributed by atoms with van der Waals surface area (Å²) in [4.78, 5) is 0. The third-order valence-electron chi connectivity index (χ3n) is 2.02. The Labute approximate surface area is 99.9 Å². The molecule has 1 N–H and O–H groups in total. The molecular weight excluding hydrogens is 248 g/mol. The van der Waals surface area contributed by atoms with Crippen molar-refractivity contribution in [2.45, 2.75) is 18.6 Å². The van der Waals surface area contributed by atoms with Gasteiger partial charge < -0.3 is 0 Å². The van der Waals surface area contributed by atoms with Gasteiger partial charge in [0.1, 0.15) is 0 Å². The minimum Gasteiger partial charge on any atom is -0.281 e. The summed E-state index contributed by atoms with van der Waals surface area (Å²) >= 11 is 5.81. The molecule has 0 saturated heterocycles. The first kappa shape index (κ1) is 12.8. The lowest BCUT2D eigenvalue weighted by Crippen LogP contribution is -2.26. The van der Waals surface area contributed by atoms with Crippen LogP contribution in [-0.2, 0) is 10.0 Å². The largest absolute Gasteiger partial charge is 0.281 e. The molecule has 1 atom stereocenters. The van der Waals surface area contributed by atoms with E-state index in [1.165, 1.54) is 0 Å². The summed E-state index contributed by atoms with van der Waals surface area (Å²) in [5, 5.41) is 7.95. The second-order valence-electron chi connectivity index (χ2n) is 3.15. The number of benzene rings is 1. The molecule has 0 aliphatic heterocycles. The van der Waals surface area contributed by atoms with Gasteiger partial charge in [0.2, 0.25) is 10.0 Å². The predicted molar refractivity (Wildman–Crippen MR) is 63.7 cm³/mol. The number of nitrogens with one attached hydrogen (secondary N) is 1. The fourth-order valence-electron chi connectivity index (χ4n) is 1.15. The average molecular weight is 259 g/mol. The standard InChI is InChI=1S/C10H11ClN2O2S/c1-2-8(7-12)16(14,15)13-10-6-4-3-5-9(10)11/h3-6,8,13H,2H2,1H3. The highest BCUT2D eigenvalue weighted by atomic mass is 35.5. The van der Waals surface area contributed by atoms with Gasteiger partial charge in [-0.25, -0.2) is 8.42 Å². The van der Waals surface area contributed by atoms with E-state index in [1.807, 2.05) is 0 Å². The highest BCUT2D eigenvalue weighted by Gasteiger charge is 2.23. The van der Waals surface area contributed by atoms with Gasteiger partial charge in [-0.3, -0.25) is 4.72 Å². The third-order valence-corrected chi connectivity index (χ3v) is 4.04. The van der Waals surface area contributed by atoms with Crippen molar-refractivity contribution in [3.63, 3.8) is 0 Å². The van der Waals surface area contributed by atoms with Crippen LogP contribution in [0.5, 0.6) is 0 Å². The molecule has 1 aromatic rings. The molecule has 0 aromatic heterocycles. The first-order chi connectivity index (χ1) is 7.51. The lowest BCUT2D eigenvalue weighted by molar-refractivity contribution is 0.593. The van der Waals surface area contributed by atoms with E-state index in [4.69, 9.17) is 16.9 Å². The fourth-order valence-corrected chi connectivity index (χ4v) is 2.59. The average Bonchev–Trinajstić information content (AvgIpc) is 2.22. The van der Waals surface area contributed by atoms with Crippen LogP contribution in [0.3, 0.4) is 0 Å². The molecule has 0 saturated carbocycles. The Morgan fingerprint density at radius 2 is 2.12 bits per heavy atom. The minimum absolute atomic E-state index is 0.232. The maximum atomic E-state index is 11.7. The second-order valence-corrected chi connectivity index (χ2v) is 5.42.